The number of ether oxygens (including phenoxy) is 2. The van der Waals surface area contributed by atoms with E-state index >= 15 is 0 Å². The summed E-state index contributed by atoms with van der Waals surface area (Å²) in [5, 5.41) is 2.61. The van der Waals surface area contributed by atoms with Crippen LogP contribution >= 0.6 is 0 Å². The second-order valence-electron chi connectivity index (χ2n) is 7.33. The van der Waals surface area contributed by atoms with Gasteiger partial charge in [-0.2, -0.15) is 0 Å². The third kappa shape index (κ3) is 4.58. The zero-order chi connectivity index (χ0) is 21.0. The molecule has 0 radical (unpaired) electrons. The summed E-state index contributed by atoms with van der Waals surface area (Å²) >= 11 is 0. The standard InChI is InChI=1S/C21H26N2O6/c1-3-28-15-10-8-14(9-11-15)22-18(24)12-29-21(27)13(2)23-19(25)16-6-4-5-7-17(16)20(23)26/h8-11,13,16-17H,3-7,12H2,1-2H3,(H,22,24)/t13-,16-,17-/m0/s1. The van der Waals surface area contributed by atoms with Crippen molar-refractivity contribution in [3.05, 3.63) is 24.3 Å². The number of likely N-dealkylation sites (tertiary alicyclic amines) is 1. The lowest BCUT2D eigenvalue weighted by atomic mass is 9.81. The van der Waals surface area contributed by atoms with E-state index in [1.807, 2.05) is 6.92 Å². The van der Waals surface area contributed by atoms with Gasteiger partial charge in [-0.1, -0.05) is 12.8 Å². The first-order valence-electron chi connectivity index (χ1n) is 9.98. The van der Waals surface area contributed by atoms with Crippen LogP contribution in [0.25, 0.3) is 0 Å². The molecule has 29 heavy (non-hydrogen) atoms. The minimum atomic E-state index is -1.04. The number of amides is 3. The van der Waals surface area contributed by atoms with E-state index in [0.717, 1.165) is 17.7 Å². The van der Waals surface area contributed by atoms with E-state index in [4.69, 9.17) is 9.47 Å². The molecular formula is C21H26N2O6. The lowest BCUT2D eigenvalue weighted by molar-refractivity contribution is -0.159. The molecule has 0 unspecified atom stereocenters. The molecular weight excluding hydrogens is 376 g/mol. The third-order valence-corrected chi connectivity index (χ3v) is 5.40. The van der Waals surface area contributed by atoms with E-state index < -0.39 is 24.5 Å². The number of rotatable bonds is 7. The van der Waals surface area contributed by atoms with Gasteiger partial charge in [0.25, 0.3) is 5.91 Å². The van der Waals surface area contributed by atoms with Gasteiger partial charge in [-0.15, -0.1) is 0 Å². The first-order chi connectivity index (χ1) is 13.9. The van der Waals surface area contributed by atoms with E-state index in [-0.39, 0.29) is 23.7 Å². The second-order valence-corrected chi connectivity index (χ2v) is 7.33. The molecule has 0 bridgehead atoms. The Kier molecular flexibility index (Phi) is 6.51. The Hall–Kier alpha value is -2.90. The fourth-order valence-electron chi connectivity index (χ4n) is 3.93. The lowest BCUT2D eigenvalue weighted by Crippen LogP contribution is -2.45. The van der Waals surface area contributed by atoms with Gasteiger partial charge in [0, 0.05) is 5.69 Å². The number of fused-ring (bicyclic) bond motifs is 1. The number of nitrogens with zero attached hydrogens (tertiary/aromatic N) is 1. The summed E-state index contributed by atoms with van der Waals surface area (Å²) in [6, 6.07) is 5.75. The molecule has 156 valence electrons. The van der Waals surface area contributed by atoms with Crippen molar-refractivity contribution in [1.29, 1.82) is 0 Å². The number of hydrogen-bond donors (Lipinski definition) is 1. The monoisotopic (exact) mass is 402 g/mol. The number of hydrogen-bond acceptors (Lipinski definition) is 6. The molecule has 1 aliphatic heterocycles. The summed E-state index contributed by atoms with van der Waals surface area (Å²) in [5.41, 5.74) is 0.538. The predicted molar refractivity (Wildman–Crippen MR) is 104 cm³/mol. The topological polar surface area (TPSA) is 102 Å². The number of imide groups is 1. The summed E-state index contributed by atoms with van der Waals surface area (Å²) in [4.78, 5) is 50.5. The molecule has 1 aromatic carbocycles. The van der Waals surface area contributed by atoms with Crippen LogP contribution in [0, 0.1) is 11.8 Å². The van der Waals surface area contributed by atoms with Gasteiger partial charge in [-0.3, -0.25) is 19.3 Å². The van der Waals surface area contributed by atoms with Crippen LogP contribution in [-0.4, -0.2) is 47.8 Å². The van der Waals surface area contributed by atoms with Gasteiger partial charge >= 0.3 is 5.97 Å². The fourth-order valence-corrected chi connectivity index (χ4v) is 3.93. The number of esters is 1. The third-order valence-electron chi connectivity index (χ3n) is 5.40. The number of carbonyl (C=O) groups is 4. The van der Waals surface area contributed by atoms with Gasteiger partial charge in [-0.05, 0) is 51.0 Å². The van der Waals surface area contributed by atoms with Crippen molar-refractivity contribution in [1.82, 2.24) is 4.90 Å². The fraction of sp³-hybridized carbons (Fsp3) is 0.524. The van der Waals surface area contributed by atoms with E-state index in [2.05, 4.69) is 5.32 Å². The molecule has 3 amide bonds. The van der Waals surface area contributed by atoms with E-state index in [9.17, 15) is 19.2 Å². The molecule has 1 saturated heterocycles. The maximum Gasteiger partial charge on any atom is 0.329 e. The second kappa shape index (κ2) is 9.07. The van der Waals surface area contributed by atoms with Crippen LogP contribution in [0.4, 0.5) is 5.69 Å². The SMILES string of the molecule is CCOc1ccc(NC(=O)COC(=O)[C@H](C)N2C(=O)[C@H]3CCCC[C@@H]3C2=O)cc1. The van der Waals surface area contributed by atoms with Crippen LogP contribution in [0.5, 0.6) is 5.75 Å². The molecule has 1 aromatic rings. The summed E-state index contributed by atoms with van der Waals surface area (Å²) < 4.78 is 10.4. The predicted octanol–water partition coefficient (Wildman–Crippen LogP) is 2.13. The molecule has 2 fully saturated rings. The van der Waals surface area contributed by atoms with Crippen molar-refractivity contribution < 1.29 is 28.7 Å². The highest BCUT2D eigenvalue weighted by atomic mass is 16.5. The molecule has 3 atom stereocenters. The lowest BCUT2D eigenvalue weighted by Gasteiger charge is -2.21. The van der Waals surface area contributed by atoms with Crippen molar-refractivity contribution in [2.75, 3.05) is 18.5 Å². The van der Waals surface area contributed by atoms with Gasteiger partial charge in [0.05, 0.1) is 18.4 Å². The zero-order valence-corrected chi connectivity index (χ0v) is 16.7. The van der Waals surface area contributed by atoms with Crippen LogP contribution in [0.15, 0.2) is 24.3 Å². The first kappa shape index (κ1) is 20.8. The molecule has 1 saturated carbocycles. The molecule has 2 aliphatic rings. The Bertz CT molecular complexity index is 767. The Morgan fingerprint density at radius 3 is 2.24 bits per heavy atom. The van der Waals surface area contributed by atoms with Gasteiger partial charge in [0.15, 0.2) is 6.61 Å². The average Bonchev–Trinajstić information content (AvgIpc) is 2.98. The van der Waals surface area contributed by atoms with Gasteiger partial charge in [0.1, 0.15) is 11.8 Å². The minimum Gasteiger partial charge on any atom is -0.494 e. The van der Waals surface area contributed by atoms with Crippen molar-refractivity contribution in [2.45, 2.75) is 45.6 Å². The highest BCUT2D eigenvalue weighted by Crippen LogP contribution is 2.38. The molecule has 1 N–H and O–H groups in total. The van der Waals surface area contributed by atoms with Gasteiger partial charge in [0.2, 0.25) is 11.8 Å². The quantitative estimate of drug-likeness (QED) is 0.554. The number of benzene rings is 1. The number of nitrogens with one attached hydrogen (secondary N) is 1. The zero-order valence-electron chi connectivity index (χ0n) is 16.7. The molecule has 1 aliphatic carbocycles. The molecule has 8 heteroatoms. The summed E-state index contributed by atoms with van der Waals surface area (Å²) in [7, 11) is 0. The largest absolute Gasteiger partial charge is 0.494 e. The Morgan fingerprint density at radius 2 is 1.69 bits per heavy atom. The summed E-state index contributed by atoms with van der Waals surface area (Å²) in [6.45, 7) is 3.38. The maximum atomic E-state index is 12.6. The highest BCUT2D eigenvalue weighted by Gasteiger charge is 2.51. The summed E-state index contributed by atoms with van der Waals surface area (Å²) in [5.74, 6) is -1.85. The van der Waals surface area contributed by atoms with Crippen molar-refractivity contribution in [2.24, 2.45) is 11.8 Å². The van der Waals surface area contributed by atoms with E-state index in [1.54, 1.807) is 24.3 Å². The molecule has 1 heterocycles. The highest BCUT2D eigenvalue weighted by molar-refractivity contribution is 6.08. The Morgan fingerprint density at radius 1 is 1.10 bits per heavy atom. The van der Waals surface area contributed by atoms with Crippen molar-refractivity contribution in [3.63, 3.8) is 0 Å². The Labute approximate surface area is 169 Å². The average molecular weight is 402 g/mol. The molecule has 3 rings (SSSR count). The maximum absolute atomic E-state index is 12.6. The number of anilines is 1. The van der Waals surface area contributed by atoms with Crippen LogP contribution in [0.2, 0.25) is 0 Å². The smallest absolute Gasteiger partial charge is 0.329 e. The molecule has 0 spiro atoms. The normalized spacial score (nSPS) is 22.1. The minimum absolute atomic E-state index is 0.303. The number of carbonyl (C=O) groups excluding carboxylic acids is 4. The van der Waals surface area contributed by atoms with Crippen molar-refractivity contribution >= 4 is 29.4 Å². The van der Waals surface area contributed by atoms with E-state index in [0.29, 0.717) is 30.9 Å². The van der Waals surface area contributed by atoms with Crippen LogP contribution in [-0.2, 0) is 23.9 Å². The van der Waals surface area contributed by atoms with Gasteiger partial charge < -0.3 is 14.8 Å². The van der Waals surface area contributed by atoms with Gasteiger partial charge in [-0.25, -0.2) is 4.79 Å². The van der Waals surface area contributed by atoms with Crippen molar-refractivity contribution in [3.8, 4) is 5.75 Å². The van der Waals surface area contributed by atoms with Crippen LogP contribution in [0.1, 0.15) is 39.5 Å². The molecule has 0 aromatic heterocycles. The summed E-state index contributed by atoms with van der Waals surface area (Å²) in [6.07, 6.45) is 3.19. The van der Waals surface area contributed by atoms with Crippen LogP contribution in [0.3, 0.4) is 0 Å². The first-order valence-corrected chi connectivity index (χ1v) is 9.98. The van der Waals surface area contributed by atoms with E-state index in [1.165, 1.54) is 6.92 Å². The van der Waals surface area contributed by atoms with Crippen LogP contribution < -0.4 is 10.1 Å². The Balaban J connectivity index is 1.51. The molecule has 8 nitrogen and oxygen atoms in total.